The zero-order valence-electron chi connectivity index (χ0n) is 20.2. The first-order chi connectivity index (χ1) is 17.1. The Balaban J connectivity index is 1.22. The van der Waals surface area contributed by atoms with Crippen LogP contribution >= 0.6 is 0 Å². The van der Waals surface area contributed by atoms with Gasteiger partial charge in [-0.3, -0.25) is 9.59 Å². The average molecular weight is 474 g/mol. The second kappa shape index (κ2) is 11.4. The molecular formula is C28H31N3O4. The molecule has 1 aliphatic heterocycles. The van der Waals surface area contributed by atoms with Crippen LogP contribution in [0, 0.1) is 0 Å². The Bertz CT molecular complexity index is 1180. The maximum Gasteiger partial charge on any atom is 0.313 e. The van der Waals surface area contributed by atoms with Gasteiger partial charge in [-0.05, 0) is 60.2 Å². The standard InChI is InChI=1S/C28H31N3O4/c1-34-24-13-14-26(35-2)25(18-24)30-28(33)27(32)29-16-5-6-20-9-11-23(12-10-20)31-17-15-21-7-3-4-8-22(21)19-31/h3-4,7-14,18H,5-6,15-17,19H2,1-2H3,(H,29,32)(H,30,33). The molecule has 35 heavy (non-hydrogen) atoms. The molecule has 1 aliphatic rings. The third-order valence-electron chi connectivity index (χ3n) is 6.22. The molecule has 182 valence electrons. The molecule has 0 atom stereocenters. The summed E-state index contributed by atoms with van der Waals surface area (Å²) in [7, 11) is 3.02. The van der Waals surface area contributed by atoms with Crippen molar-refractivity contribution in [3.63, 3.8) is 0 Å². The molecule has 0 bridgehead atoms. The number of hydrogen-bond donors (Lipinski definition) is 2. The molecule has 7 nitrogen and oxygen atoms in total. The van der Waals surface area contributed by atoms with E-state index in [-0.39, 0.29) is 0 Å². The highest BCUT2D eigenvalue weighted by Crippen LogP contribution is 2.29. The number of nitrogens with one attached hydrogen (secondary N) is 2. The van der Waals surface area contributed by atoms with Gasteiger partial charge in [-0.15, -0.1) is 0 Å². The third kappa shape index (κ3) is 6.12. The van der Waals surface area contributed by atoms with Gasteiger partial charge in [0.05, 0.1) is 19.9 Å². The molecule has 7 heteroatoms. The predicted molar refractivity (Wildman–Crippen MR) is 137 cm³/mol. The molecule has 3 aromatic rings. The van der Waals surface area contributed by atoms with Gasteiger partial charge in [-0.25, -0.2) is 0 Å². The van der Waals surface area contributed by atoms with Crippen molar-refractivity contribution >= 4 is 23.2 Å². The summed E-state index contributed by atoms with van der Waals surface area (Å²) in [5.41, 5.74) is 5.64. The number of carbonyl (C=O) groups is 2. The highest BCUT2D eigenvalue weighted by Gasteiger charge is 2.17. The van der Waals surface area contributed by atoms with Gasteiger partial charge in [0, 0.05) is 31.4 Å². The van der Waals surface area contributed by atoms with Crippen molar-refractivity contribution < 1.29 is 19.1 Å². The van der Waals surface area contributed by atoms with Crippen molar-refractivity contribution in [3.05, 3.63) is 83.4 Å². The Morgan fingerprint density at radius 1 is 0.914 bits per heavy atom. The molecule has 0 aliphatic carbocycles. The number of aryl methyl sites for hydroxylation is 1. The van der Waals surface area contributed by atoms with Crippen molar-refractivity contribution in [3.8, 4) is 11.5 Å². The number of rotatable bonds is 8. The van der Waals surface area contributed by atoms with E-state index < -0.39 is 11.8 Å². The largest absolute Gasteiger partial charge is 0.497 e. The topological polar surface area (TPSA) is 79.9 Å². The van der Waals surface area contributed by atoms with Gasteiger partial charge < -0.3 is 25.0 Å². The van der Waals surface area contributed by atoms with E-state index in [2.05, 4.69) is 64.1 Å². The van der Waals surface area contributed by atoms with Crippen molar-refractivity contribution in [2.24, 2.45) is 0 Å². The highest BCUT2D eigenvalue weighted by atomic mass is 16.5. The fraction of sp³-hybridized carbons (Fsp3) is 0.286. The summed E-state index contributed by atoms with van der Waals surface area (Å²) in [4.78, 5) is 26.9. The van der Waals surface area contributed by atoms with E-state index >= 15 is 0 Å². The Morgan fingerprint density at radius 3 is 2.43 bits per heavy atom. The molecule has 0 spiro atoms. The van der Waals surface area contributed by atoms with Crippen LogP contribution in [0.4, 0.5) is 11.4 Å². The van der Waals surface area contributed by atoms with E-state index in [0.717, 1.165) is 32.4 Å². The molecule has 0 saturated heterocycles. The van der Waals surface area contributed by atoms with Gasteiger partial charge in [0.25, 0.3) is 0 Å². The van der Waals surface area contributed by atoms with Crippen LogP contribution in [0.3, 0.4) is 0 Å². The molecule has 0 unspecified atom stereocenters. The van der Waals surface area contributed by atoms with Gasteiger partial charge in [0.15, 0.2) is 0 Å². The van der Waals surface area contributed by atoms with Crippen LogP contribution in [0.15, 0.2) is 66.7 Å². The Labute approximate surface area is 206 Å². The number of anilines is 2. The summed E-state index contributed by atoms with van der Waals surface area (Å²) < 4.78 is 10.4. The summed E-state index contributed by atoms with van der Waals surface area (Å²) in [6.45, 7) is 2.36. The van der Waals surface area contributed by atoms with E-state index in [0.29, 0.717) is 23.7 Å². The molecule has 3 aromatic carbocycles. The van der Waals surface area contributed by atoms with Crippen LogP contribution in [-0.2, 0) is 29.0 Å². The smallest absolute Gasteiger partial charge is 0.313 e. The molecule has 0 aromatic heterocycles. The Hall–Kier alpha value is -4.00. The lowest BCUT2D eigenvalue weighted by Crippen LogP contribution is -2.36. The number of carbonyl (C=O) groups excluding carboxylic acids is 2. The quantitative estimate of drug-likeness (QED) is 0.383. The van der Waals surface area contributed by atoms with Gasteiger partial charge in [-0.1, -0.05) is 36.4 Å². The van der Waals surface area contributed by atoms with Crippen LogP contribution in [0.1, 0.15) is 23.1 Å². The Morgan fingerprint density at radius 2 is 1.69 bits per heavy atom. The van der Waals surface area contributed by atoms with E-state index in [9.17, 15) is 9.59 Å². The van der Waals surface area contributed by atoms with Gasteiger partial charge in [0.2, 0.25) is 0 Å². The fourth-order valence-electron chi connectivity index (χ4n) is 4.26. The van der Waals surface area contributed by atoms with Crippen LogP contribution in [0.25, 0.3) is 0 Å². The van der Waals surface area contributed by atoms with E-state index in [1.807, 2.05) is 0 Å². The van der Waals surface area contributed by atoms with E-state index in [1.165, 1.54) is 36.6 Å². The molecular weight excluding hydrogens is 442 g/mol. The lowest BCUT2D eigenvalue weighted by molar-refractivity contribution is -0.136. The van der Waals surface area contributed by atoms with Crippen molar-refractivity contribution in [2.75, 3.05) is 37.5 Å². The summed E-state index contributed by atoms with van der Waals surface area (Å²) in [5.74, 6) is -0.429. The zero-order valence-corrected chi connectivity index (χ0v) is 20.2. The second-order valence-electron chi connectivity index (χ2n) is 8.49. The molecule has 2 amide bonds. The van der Waals surface area contributed by atoms with Crippen molar-refractivity contribution in [1.82, 2.24) is 5.32 Å². The van der Waals surface area contributed by atoms with Crippen LogP contribution in [-0.4, -0.2) is 39.1 Å². The maximum atomic E-state index is 12.3. The summed E-state index contributed by atoms with van der Waals surface area (Å²) in [6.07, 6.45) is 2.61. The summed E-state index contributed by atoms with van der Waals surface area (Å²) in [5, 5.41) is 5.26. The third-order valence-corrected chi connectivity index (χ3v) is 6.22. The summed E-state index contributed by atoms with van der Waals surface area (Å²) >= 11 is 0. The van der Waals surface area contributed by atoms with Crippen molar-refractivity contribution in [1.29, 1.82) is 0 Å². The zero-order chi connectivity index (χ0) is 24.6. The number of fused-ring (bicyclic) bond motifs is 1. The molecule has 2 N–H and O–H groups in total. The monoisotopic (exact) mass is 473 g/mol. The highest BCUT2D eigenvalue weighted by molar-refractivity contribution is 6.39. The molecule has 0 fully saturated rings. The van der Waals surface area contributed by atoms with Crippen LogP contribution < -0.4 is 25.0 Å². The van der Waals surface area contributed by atoms with Gasteiger partial charge in [-0.2, -0.15) is 0 Å². The summed E-state index contributed by atoms with van der Waals surface area (Å²) in [6, 6.07) is 22.2. The molecule has 1 heterocycles. The second-order valence-corrected chi connectivity index (χ2v) is 8.49. The number of benzene rings is 3. The van der Waals surface area contributed by atoms with E-state index in [4.69, 9.17) is 9.47 Å². The van der Waals surface area contributed by atoms with Crippen LogP contribution in [0.2, 0.25) is 0 Å². The molecule has 0 saturated carbocycles. The molecule has 4 rings (SSSR count). The lowest BCUT2D eigenvalue weighted by Gasteiger charge is -2.30. The minimum Gasteiger partial charge on any atom is -0.497 e. The fourth-order valence-corrected chi connectivity index (χ4v) is 4.26. The lowest BCUT2D eigenvalue weighted by atomic mass is 9.99. The van der Waals surface area contributed by atoms with Gasteiger partial charge in [0.1, 0.15) is 11.5 Å². The predicted octanol–water partition coefficient (Wildman–Crippen LogP) is 3.95. The first-order valence-electron chi connectivity index (χ1n) is 11.8. The molecule has 0 radical (unpaired) electrons. The number of hydrogen-bond acceptors (Lipinski definition) is 5. The Kier molecular flexibility index (Phi) is 7.88. The normalized spacial score (nSPS) is 12.5. The van der Waals surface area contributed by atoms with E-state index in [1.54, 1.807) is 18.2 Å². The van der Waals surface area contributed by atoms with Crippen LogP contribution in [0.5, 0.6) is 11.5 Å². The maximum absolute atomic E-state index is 12.3. The van der Waals surface area contributed by atoms with Crippen molar-refractivity contribution in [2.45, 2.75) is 25.8 Å². The first kappa shape index (κ1) is 24.1. The first-order valence-corrected chi connectivity index (χ1v) is 11.8. The number of amides is 2. The average Bonchev–Trinajstić information content (AvgIpc) is 2.91. The SMILES string of the molecule is COc1ccc(OC)c(NC(=O)C(=O)NCCCc2ccc(N3CCc4ccccc4C3)cc2)c1. The number of nitrogens with zero attached hydrogens (tertiary/aromatic N) is 1. The minimum atomic E-state index is -0.746. The minimum absolute atomic E-state index is 0.379. The van der Waals surface area contributed by atoms with Gasteiger partial charge >= 0.3 is 11.8 Å². The number of ether oxygens (including phenoxy) is 2. The number of methoxy groups -OCH3 is 2.